The predicted octanol–water partition coefficient (Wildman–Crippen LogP) is 3.66. The Hall–Kier alpha value is -2.91. The van der Waals surface area contributed by atoms with Crippen molar-refractivity contribution in [3.8, 4) is 11.5 Å². The highest BCUT2D eigenvalue weighted by molar-refractivity contribution is 6.08. The lowest BCUT2D eigenvalue weighted by molar-refractivity contribution is 0.101. The molecule has 4 N–H and O–H groups in total. The van der Waals surface area contributed by atoms with Crippen molar-refractivity contribution in [1.82, 2.24) is 15.5 Å². The van der Waals surface area contributed by atoms with Crippen molar-refractivity contribution in [2.45, 2.75) is 53.6 Å². The number of amides is 1. The molecule has 1 aromatic heterocycles. The molecule has 9 heteroatoms. The largest absolute Gasteiger partial charge is 0.486 e. The Bertz CT molecular complexity index is 775. The van der Waals surface area contributed by atoms with Crippen LogP contribution < -0.4 is 20.1 Å². The van der Waals surface area contributed by atoms with E-state index in [-0.39, 0.29) is 11.8 Å². The third-order valence-corrected chi connectivity index (χ3v) is 3.94. The average Bonchev–Trinajstić information content (AvgIpc) is 3.28. The number of nitrogens with zero attached hydrogens (tertiary/aromatic N) is 1. The van der Waals surface area contributed by atoms with Crippen molar-refractivity contribution >= 4 is 17.9 Å². The Balaban J connectivity index is 0.000000671. The highest BCUT2D eigenvalue weighted by Gasteiger charge is 2.21. The molecule has 9 nitrogen and oxygen atoms in total. The quantitative estimate of drug-likeness (QED) is 0.495. The maximum atomic E-state index is 12.2. The number of para-hydroxylation sites is 1. The van der Waals surface area contributed by atoms with Gasteiger partial charge in [-0.2, -0.15) is 5.10 Å². The number of ether oxygens (including phenoxy) is 2. The van der Waals surface area contributed by atoms with Crippen LogP contribution in [0.3, 0.4) is 0 Å². The van der Waals surface area contributed by atoms with E-state index < -0.39 is 5.91 Å². The summed E-state index contributed by atoms with van der Waals surface area (Å²) in [4.78, 5) is 23.0. The summed E-state index contributed by atoms with van der Waals surface area (Å²) in [5, 5.41) is 20.2. The maximum absolute atomic E-state index is 12.2. The number of H-pyrrole nitrogens is 1. The highest BCUT2D eigenvalue weighted by atomic mass is 16.6. The van der Waals surface area contributed by atoms with Crippen molar-refractivity contribution in [3.63, 3.8) is 0 Å². The van der Waals surface area contributed by atoms with Crippen LogP contribution in [0.15, 0.2) is 24.4 Å². The lowest BCUT2D eigenvalue weighted by Gasteiger charge is -2.20. The number of hydrogen-bond acceptors (Lipinski definition) is 7. The molecule has 1 unspecified atom stereocenters. The van der Waals surface area contributed by atoms with Gasteiger partial charge in [-0.15, -0.1) is 0 Å². The number of nitrogens with one attached hydrogen (secondary N) is 3. The molecule has 0 spiro atoms. The minimum absolute atomic E-state index is 0.116. The maximum Gasteiger partial charge on any atom is 0.259 e. The SMILES string of the molecule is CC.CCC(C)O.CCCNC.O=Cc1[nH]ncc1NC(=O)c1cccc2c1OCCO2. The molecule has 180 valence electrons. The van der Waals surface area contributed by atoms with E-state index in [0.717, 1.165) is 13.0 Å². The van der Waals surface area contributed by atoms with Crippen molar-refractivity contribution in [3.05, 3.63) is 35.7 Å². The normalized spacial score (nSPS) is 11.8. The number of carbonyl (C=O) groups excluding carboxylic acids is 2. The van der Waals surface area contributed by atoms with Gasteiger partial charge in [-0.1, -0.05) is 33.8 Å². The summed E-state index contributed by atoms with van der Waals surface area (Å²) in [6.45, 7) is 11.9. The number of benzene rings is 1. The third-order valence-electron chi connectivity index (χ3n) is 3.94. The molecule has 2 heterocycles. The van der Waals surface area contributed by atoms with E-state index in [0.29, 0.717) is 42.2 Å². The molecule has 32 heavy (non-hydrogen) atoms. The van der Waals surface area contributed by atoms with E-state index in [4.69, 9.17) is 14.6 Å². The Morgan fingerprint density at radius 2 is 1.94 bits per heavy atom. The standard InChI is InChI=1S/C13H11N3O4.C4H11N.C4H10O.C2H6/c17-7-10-9(6-14-16-10)15-13(18)8-2-1-3-11-12(8)20-5-4-19-11;1-3-4-5-2;1-3-4(2)5;1-2/h1-3,6-7H,4-5H2,(H,14,16)(H,15,18);5H,3-4H2,1-2H3;4-5H,3H2,1-2H3;1-2H3. The summed E-state index contributed by atoms with van der Waals surface area (Å²) in [5.74, 6) is 0.552. The van der Waals surface area contributed by atoms with E-state index in [1.807, 2.05) is 27.8 Å². The molecule has 1 amide bonds. The van der Waals surface area contributed by atoms with Gasteiger partial charge in [0.25, 0.3) is 5.91 Å². The van der Waals surface area contributed by atoms with E-state index >= 15 is 0 Å². The van der Waals surface area contributed by atoms with Crippen LogP contribution >= 0.6 is 0 Å². The topological polar surface area (TPSA) is 126 Å². The van der Waals surface area contributed by atoms with Gasteiger partial charge in [0, 0.05) is 0 Å². The number of aromatic nitrogens is 2. The number of aliphatic hydroxyl groups is 1. The number of hydrogen-bond donors (Lipinski definition) is 4. The Labute approximate surface area is 190 Å². The van der Waals surface area contributed by atoms with Gasteiger partial charge < -0.3 is 25.2 Å². The fraction of sp³-hybridized carbons (Fsp3) is 0.522. The fourth-order valence-electron chi connectivity index (χ4n) is 2.18. The molecule has 0 saturated carbocycles. The van der Waals surface area contributed by atoms with Gasteiger partial charge in [-0.25, -0.2) is 0 Å². The van der Waals surface area contributed by atoms with Crippen LogP contribution in [0.25, 0.3) is 0 Å². The van der Waals surface area contributed by atoms with Gasteiger partial charge in [0.05, 0.1) is 23.6 Å². The zero-order valence-electron chi connectivity index (χ0n) is 20.0. The van der Waals surface area contributed by atoms with Crippen LogP contribution in [0.4, 0.5) is 5.69 Å². The summed E-state index contributed by atoms with van der Waals surface area (Å²) in [5.41, 5.74) is 0.875. The molecule has 2 aromatic rings. The summed E-state index contributed by atoms with van der Waals surface area (Å²) in [6.07, 6.45) is 3.93. The van der Waals surface area contributed by atoms with Crippen molar-refractivity contribution in [1.29, 1.82) is 0 Å². The van der Waals surface area contributed by atoms with E-state index in [1.165, 1.54) is 12.6 Å². The van der Waals surface area contributed by atoms with Crippen LogP contribution in [0.1, 0.15) is 68.3 Å². The van der Waals surface area contributed by atoms with Crippen LogP contribution in [0.2, 0.25) is 0 Å². The molecule has 0 fully saturated rings. The Kier molecular flexibility index (Phi) is 16.1. The lowest BCUT2D eigenvalue weighted by atomic mass is 10.1. The van der Waals surface area contributed by atoms with Gasteiger partial charge in [-0.3, -0.25) is 14.7 Å². The number of aldehydes is 1. The molecule has 0 aliphatic carbocycles. The van der Waals surface area contributed by atoms with Crippen LogP contribution in [-0.4, -0.2) is 60.4 Å². The van der Waals surface area contributed by atoms with Gasteiger partial charge in [0.1, 0.15) is 18.9 Å². The number of rotatable bonds is 6. The molecule has 1 aliphatic heterocycles. The zero-order valence-corrected chi connectivity index (χ0v) is 20.0. The smallest absolute Gasteiger partial charge is 0.259 e. The van der Waals surface area contributed by atoms with Crippen LogP contribution in [0, 0.1) is 0 Å². The zero-order chi connectivity index (χ0) is 24.4. The van der Waals surface area contributed by atoms with Gasteiger partial charge >= 0.3 is 0 Å². The molecule has 0 radical (unpaired) electrons. The third kappa shape index (κ3) is 10.4. The first-order valence-electron chi connectivity index (χ1n) is 11.0. The van der Waals surface area contributed by atoms with E-state index in [1.54, 1.807) is 25.1 Å². The van der Waals surface area contributed by atoms with Crippen molar-refractivity contribution < 1.29 is 24.2 Å². The van der Waals surface area contributed by atoms with Crippen LogP contribution in [-0.2, 0) is 0 Å². The number of anilines is 1. The predicted molar refractivity (Wildman–Crippen MR) is 127 cm³/mol. The molecule has 0 bridgehead atoms. The first-order chi connectivity index (χ1) is 15.5. The Morgan fingerprint density at radius 3 is 2.47 bits per heavy atom. The first-order valence-corrected chi connectivity index (χ1v) is 11.0. The lowest BCUT2D eigenvalue weighted by Crippen LogP contribution is -2.20. The molecule has 1 atom stereocenters. The fourth-order valence-corrected chi connectivity index (χ4v) is 2.18. The van der Waals surface area contributed by atoms with Gasteiger partial charge in [0.15, 0.2) is 17.8 Å². The van der Waals surface area contributed by atoms with Crippen LogP contribution in [0.5, 0.6) is 11.5 Å². The number of aromatic amines is 1. The second kappa shape index (κ2) is 17.7. The highest BCUT2D eigenvalue weighted by Crippen LogP contribution is 2.34. The minimum atomic E-state index is -0.392. The number of fused-ring (bicyclic) bond motifs is 1. The molecular weight excluding hydrogens is 412 g/mol. The second-order valence-corrected chi connectivity index (χ2v) is 6.46. The summed E-state index contributed by atoms with van der Waals surface area (Å²) in [6, 6.07) is 5.07. The second-order valence-electron chi connectivity index (χ2n) is 6.46. The number of carbonyl (C=O) groups is 2. The van der Waals surface area contributed by atoms with Crippen molar-refractivity contribution in [2.24, 2.45) is 0 Å². The average molecular weight is 451 g/mol. The first kappa shape index (κ1) is 29.1. The minimum Gasteiger partial charge on any atom is -0.486 e. The summed E-state index contributed by atoms with van der Waals surface area (Å²) in [7, 11) is 1.96. The van der Waals surface area contributed by atoms with E-state index in [2.05, 4.69) is 27.8 Å². The van der Waals surface area contributed by atoms with Gasteiger partial charge in [-0.05, 0) is 45.5 Å². The van der Waals surface area contributed by atoms with E-state index in [9.17, 15) is 9.59 Å². The molecule has 0 saturated heterocycles. The Morgan fingerprint density at radius 1 is 1.28 bits per heavy atom. The molecule has 1 aromatic carbocycles. The van der Waals surface area contributed by atoms with Gasteiger partial charge in [0.2, 0.25) is 0 Å². The monoisotopic (exact) mass is 450 g/mol. The molecular formula is C23H38N4O5. The summed E-state index contributed by atoms with van der Waals surface area (Å²) < 4.78 is 10.9. The molecule has 1 aliphatic rings. The van der Waals surface area contributed by atoms with Crippen molar-refractivity contribution in [2.75, 3.05) is 32.1 Å². The number of aliphatic hydroxyl groups excluding tert-OH is 1. The summed E-state index contributed by atoms with van der Waals surface area (Å²) >= 11 is 0. The molecule has 3 rings (SSSR count).